The van der Waals surface area contributed by atoms with Gasteiger partial charge in [0, 0.05) is 0 Å². The van der Waals surface area contributed by atoms with Gasteiger partial charge < -0.3 is 0 Å². The molecule has 1 aromatic rings. The zero-order valence-electron chi connectivity index (χ0n) is 18.6. The molecule has 4 aliphatic rings. The Hall–Kier alpha value is -1.18. The number of hydrogen-bond acceptors (Lipinski definition) is 2. The summed E-state index contributed by atoms with van der Waals surface area (Å²) < 4.78 is 1.21. The minimum absolute atomic E-state index is 0.123. The van der Waals surface area contributed by atoms with Crippen LogP contribution in [0.5, 0.6) is 0 Å². The molecule has 0 aliphatic heterocycles. The van der Waals surface area contributed by atoms with E-state index in [1.807, 2.05) is 13.0 Å². The zero-order valence-corrected chi connectivity index (χ0v) is 20.3. The summed E-state index contributed by atoms with van der Waals surface area (Å²) in [5.74, 6) is 2.83. The molecule has 3 saturated carbocycles. The average molecular weight is 470 g/mol. The molecule has 2 nitrogen and oxygen atoms in total. The van der Waals surface area contributed by atoms with Crippen LogP contribution >= 0.6 is 0 Å². The number of Topliss-reactive ketones (excluding diaryl/α,β-unsaturated/α-hetero) is 1. The van der Waals surface area contributed by atoms with Gasteiger partial charge in [0.05, 0.1) is 0 Å². The summed E-state index contributed by atoms with van der Waals surface area (Å²) >= 11 is 0.178. The molecule has 4 aliphatic carbocycles. The van der Waals surface area contributed by atoms with E-state index in [4.69, 9.17) is 0 Å². The van der Waals surface area contributed by atoms with Crippen molar-refractivity contribution in [2.75, 3.05) is 0 Å². The molecular formula is C27H34O2Se. The number of fused-ring (bicyclic) bond motifs is 5. The van der Waals surface area contributed by atoms with Gasteiger partial charge in [-0.2, -0.15) is 0 Å². The van der Waals surface area contributed by atoms with Crippen molar-refractivity contribution in [3.63, 3.8) is 0 Å². The normalized spacial score (nSPS) is 42.7. The molecule has 0 radical (unpaired) electrons. The Labute approximate surface area is 187 Å². The Balaban J connectivity index is 1.50. The van der Waals surface area contributed by atoms with Crippen molar-refractivity contribution in [1.82, 2.24) is 0 Å². The van der Waals surface area contributed by atoms with Gasteiger partial charge in [0.15, 0.2) is 0 Å². The predicted octanol–water partition coefficient (Wildman–Crippen LogP) is 5.30. The number of allylic oxidation sites excluding steroid dienone is 1. The van der Waals surface area contributed by atoms with Gasteiger partial charge in [-0.15, -0.1) is 0 Å². The number of benzene rings is 1. The monoisotopic (exact) mass is 470 g/mol. The van der Waals surface area contributed by atoms with E-state index in [2.05, 4.69) is 44.2 Å². The van der Waals surface area contributed by atoms with Gasteiger partial charge in [-0.25, -0.2) is 0 Å². The van der Waals surface area contributed by atoms with Gasteiger partial charge in [0.2, 0.25) is 0 Å². The Bertz CT molecular complexity index is 905. The van der Waals surface area contributed by atoms with Crippen molar-refractivity contribution in [3.8, 4) is 0 Å². The van der Waals surface area contributed by atoms with E-state index in [1.165, 1.54) is 35.7 Å². The van der Waals surface area contributed by atoms with Crippen LogP contribution in [0, 0.1) is 28.6 Å². The third-order valence-corrected chi connectivity index (χ3v) is 13.5. The van der Waals surface area contributed by atoms with E-state index >= 15 is 0 Å². The van der Waals surface area contributed by atoms with E-state index < -0.39 is 0 Å². The topological polar surface area (TPSA) is 34.1 Å². The van der Waals surface area contributed by atoms with Gasteiger partial charge >= 0.3 is 188 Å². The maximum absolute atomic E-state index is 13.3. The summed E-state index contributed by atoms with van der Waals surface area (Å²) in [5, 5.41) is 0. The van der Waals surface area contributed by atoms with Gasteiger partial charge in [0.25, 0.3) is 0 Å². The Morgan fingerprint density at radius 1 is 0.967 bits per heavy atom. The van der Waals surface area contributed by atoms with Crippen LogP contribution in [0.2, 0.25) is 4.31 Å². The van der Waals surface area contributed by atoms with Crippen molar-refractivity contribution < 1.29 is 9.59 Å². The van der Waals surface area contributed by atoms with Gasteiger partial charge in [-0.3, -0.25) is 0 Å². The molecule has 160 valence electrons. The first kappa shape index (κ1) is 20.7. The second-order valence-corrected chi connectivity index (χ2v) is 13.6. The molecule has 0 N–H and O–H groups in total. The second-order valence-electron chi connectivity index (χ2n) is 10.8. The van der Waals surface area contributed by atoms with Crippen molar-refractivity contribution in [2.45, 2.75) is 76.5 Å². The Morgan fingerprint density at radius 2 is 1.70 bits per heavy atom. The zero-order chi connectivity index (χ0) is 21.1. The molecule has 0 bridgehead atoms. The molecule has 30 heavy (non-hydrogen) atoms. The van der Waals surface area contributed by atoms with Crippen LogP contribution < -0.4 is 4.46 Å². The van der Waals surface area contributed by atoms with E-state index in [9.17, 15) is 9.59 Å². The first-order valence-electron chi connectivity index (χ1n) is 11.8. The summed E-state index contributed by atoms with van der Waals surface area (Å²) in [7, 11) is 0. The van der Waals surface area contributed by atoms with Crippen LogP contribution in [-0.2, 0) is 9.59 Å². The van der Waals surface area contributed by atoms with Crippen molar-refractivity contribution >= 4 is 31.0 Å². The number of carbonyl (C=O) groups is 2. The first-order valence-corrected chi connectivity index (χ1v) is 13.5. The molecule has 1 aromatic carbocycles. The molecule has 0 saturated heterocycles. The molecular weight excluding hydrogens is 435 g/mol. The van der Waals surface area contributed by atoms with E-state index in [1.54, 1.807) is 0 Å². The van der Waals surface area contributed by atoms with Gasteiger partial charge in [-0.05, 0) is 0 Å². The summed E-state index contributed by atoms with van der Waals surface area (Å²) in [6.07, 6.45) is 10.7. The van der Waals surface area contributed by atoms with Crippen LogP contribution in [0.4, 0.5) is 0 Å². The molecule has 0 spiro atoms. The summed E-state index contributed by atoms with van der Waals surface area (Å²) in [6.45, 7) is 6.80. The number of carbonyl (C=O) groups excluding carboxylic acids is 2. The molecule has 3 heteroatoms. The Morgan fingerprint density at radius 3 is 2.43 bits per heavy atom. The van der Waals surface area contributed by atoms with Crippen molar-refractivity contribution in [1.29, 1.82) is 0 Å². The standard InChI is InChI=1S/C27H34O2Se/c1-18(28)27(30-21-7-5-4-6-8-21)16-13-24-22-10-9-19-17-20(29)11-14-25(19,2)23(22)12-15-26(24,27)3/h4-8,17,22-24H,9-16H2,1-3H3/t22?,23?,24?,25?,26?,27-/m0/s1. The SMILES string of the molecule is CC(=O)[C@@]1([Se]c2ccccc2)CCC2C3CCC4=CC(=O)CCC4(C)C3CCC21C. The molecule has 3 fully saturated rings. The molecule has 5 rings (SSSR count). The van der Waals surface area contributed by atoms with Crippen LogP contribution in [0.15, 0.2) is 42.0 Å². The molecule has 0 aromatic heterocycles. The first-order chi connectivity index (χ1) is 14.3. The molecule has 0 heterocycles. The third kappa shape index (κ3) is 2.81. The summed E-state index contributed by atoms with van der Waals surface area (Å²) in [6, 6.07) is 10.8. The maximum atomic E-state index is 13.3. The van der Waals surface area contributed by atoms with Crippen LogP contribution in [0.3, 0.4) is 0 Å². The fourth-order valence-electron chi connectivity index (χ4n) is 8.07. The fourth-order valence-corrected chi connectivity index (χ4v) is 11.3. The van der Waals surface area contributed by atoms with Crippen LogP contribution in [0.1, 0.15) is 72.1 Å². The van der Waals surface area contributed by atoms with E-state index in [0.717, 1.165) is 25.7 Å². The molecule has 5 unspecified atom stereocenters. The van der Waals surface area contributed by atoms with Gasteiger partial charge in [-0.1, -0.05) is 0 Å². The van der Waals surface area contributed by atoms with Crippen molar-refractivity contribution in [3.05, 3.63) is 42.0 Å². The van der Waals surface area contributed by atoms with E-state index in [0.29, 0.717) is 29.3 Å². The van der Waals surface area contributed by atoms with Crippen LogP contribution in [0.25, 0.3) is 0 Å². The third-order valence-electron chi connectivity index (χ3n) is 9.69. The number of ketones is 2. The average Bonchev–Trinajstić information content (AvgIpc) is 3.03. The fraction of sp³-hybridized carbons (Fsp3) is 0.630. The Kier molecular flexibility index (Phi) is 4.95. The van der Waals surface area contributed by atoms with Crippen LogP contribution in [-0.4, -0.2) is 26.5 Å². The van der Waals surface area contributed by atoms with Crippen molar-refractivity contribution in [2.24, 2.45) is 28.6 Å². The molecule has 0 amide bonds. The predicted molar refractivity (Wildman–Crippen MR) is 122 cm³/mol. The second kappa shape index (κ2) is 7.17. The molecule has 6 atom stereocenters. The van der Waals surface area contributed by atoms with E-state index in [-0.39, 0.29) is 30.1 Å². The van der Waals surface area contributed by atoms with Gasteiger partial charge in [0.1, 0.15) is 0 Å². The summed E-state index contributed by atoms with van der Waals surface area (Å²) in [4.78, 5) is 25.4. The number of hydrogen-bond donors (Lipinski definition) is 0. The summed E-state index contributed by atoms with van der Waals surface area (Å²) in [5.41, 5.74) is 1.77. The number of rotatable bonds is 3. The quantitative estimate of drug-likeness (QED) is 0.564. The minimum atomic E-state index is -0.156.